The molecule has 6 aliphatic heterocycles. The molecule has 0 aromatic heterocycles. The van der Waals surface area contributed by atoms with Crippen LogP contribution in [0, 0.1) is 11.8 Å². The van der Waals surface area contributed by atoms with Gasteiger partial charge in [-0.3, -0.25) is 24.0 Å². The van der Waals surface area contributed by atoms with E-state index in [1.165, 1.54) is 19.1 Å². The largest absolute Gasteiger partial charge is 0.494 e. The summed E-state index contributed by atoms with van der Waals surface area (Å²) in [6, 6.07) is -2.60. The summed E-state index contributed by atoms with van der Waals surface area (Å²) < 4.78 is 71.9. The molecule has 30 atom stereocenters. The third kappa shape index (κ3) is 20.4. The number of rotatable bonds is 29. The Kier molecular flexibility index (Phi) is 30.9. The second-order valence-electron chi connectivity index (χ2n) is 24.9. The van der Waals surface area contributed by atoms with E-state index in [1.54, 1.807) is 12.1 Å². The van der Waals surface area contributed by atoms with Crippen molar-refractivity contribution >= 4 is 29.5 Å². The summed E-state index contributed by atoms with van der Waals surface area (Å²) in [4.78, 5) is 65.0. The molecule has 6 heterocycles. The van der Waals surface area contributed by atoms with Crippen molar-refractivity contribution in [3.05, 3.63) is 29.8 Å². The summed E-state index contributed by atoms with van der Waals surface area (Å²) in [6.07, 6.45) is -38.5. The fourth-order valence-corrected chi connectivity index (χ4v) is 12.3. The molecule has 5 amide bonds. The number of carbonyl (C=O) groups excluding carboxylic acids is 5. The van der Waals surface area contributed by atoms with E-state index in [0.717, 1.165) is 59.8 Å². The Morgan fingerprint density at radius 2 is 0.878 bits per heavy atom. The number of amides is 5. The van der Waals surface area contributed by atoms with E-state index in [2.05, 4.69) is 45.3 Å². The average molecular weight is 1410 g/mol. The molecule has 6 saturated heterocycles. The van der Waals surface area contributed by atoms with Gasteiger partial charge in [-0.2, -0.15) is 0 Å². The zero-order valence-electron chi connectivity index (χ0n) is 55.0. The number of benzene rings is 1. The van der Waals surface area contributed by atoms with E-state index in [1.807, 2.05) is 0 Å². The van der Waals surface area contributed by atoms with Crippen LogP contribution in [0.4, 0.5) is 0 Å². The molecule has 0 aliphatic carbocycles. The Balaban J connectivity index is 1.07. The highest BCUT2D eigenvalue weighted by atomic mass is 16.8. The molecule has 7 rings (SSSR count). The molecule has 0 radical (unpaired) electrons. The Morgan fingerprint density at radius 1 is 0.449 bits per heavy atom. The summed E-state index contributed by atoms with van der Waals surface area (Å²) >= 11 is 0. The highest BCUT2D eigenvalue weighted by Gasteiger charge is 2.58. The van der Waals surface area contributed by atoms with E-state index in [-0.39, 0.29) is 12.2 Å². The lowest BCUT2D eigenvalue weighted by Crippen LogP contribution is -2.72. The molecule has 98 heavy (non-hydrogen) atoms. The van der Waals surface area contributed by atoms with Gasteiger partial charge >= 0.3 is 0 Å². The first-order valence-electron chi connectivity index (χ1n) is 32.6. The zero-order chi connectivity index (χ0) is 71.8. The molecule has 19 N–H and O–H groups in total. The lowest BCUT2D eigenvalue weighted by atomic mass is 9.93. The molecule has 0 bridgehead atoms. The van der Waals surface area contributed by atoms with Crippen LogP contribution in [0.3, 0.4) is 0 Å². The van der Waals surface area contributed by atoms with Crippen LogP contribution in [-0.2, 0) is 71.3 Å². The van der Waals surface area contributed by atoms with Gasteiger partial charge in [0, 0.05) is 46.1 Å². The molecule has 6 aliphatic rings. The van der Waals surface area contributed by atoms with Crippen LogP contribution in [-0.4, -0.2) is 325 Å². The van der Waals surface area contributed by atoms with E-state index >= 15 is 0 Å². The number of aliphatic hydroxyl groups is 14. The fraction of sp³-hybridized carbons (Fsp3) is 0.790. The highest BCUT2D eigenvalue weighted by molar-refractivity contribution is 5.94. The lowest BCUT2D eigenvalue weighted by molar-refractivity contribution is -0.368. The first-order chi connectivity index (χ1) is 46.7. The third-order valence-electron chi connectivity index (χ3n) is 17.4. The predicted octanol–water partition coefficient (Wildman–Crippen LogP) is -7.93. The maximum Gasteiger partial charge on any atom is 0.251 e. The minimum atomic E-state index is -2.08. The normalized spacial score (nSPS) is 39.6. The zero-order valence-corrected chi connectivity index (χ0v) is 55.0. The summed E-state index contributed by atoms with van der Waals surface area (Å²) in [5.41, 5.74) is 0.0314. The topological polar surface area (TPSA) is 539 Å². The molecule has 0 spiro atoms. The van der Waals surface area contributed by atoms with Gasteiger partial charge in [-0.25, -0.2) is 0 Å². The second kappa shape index (κ2) is 37.7. The van der Waals surface area contributed by atoms with Crippen molar-refractivity contribution in [2.45, 2.75) is 270 Å². The molecule has 0 saturated carbocycles. The van der Waals surface area contributed by atoms with Crippen molar-refractivity contribution in [3.8, 4) is 17.6 Å². The molecule has 1 aromatic rings. The van der Waals surface area contributed by atoms with Gasteiger partial charge in [0.05, 0.1) is 45.7 Å². The molecular weight excluding hydrogens is 1310 g/mol. The first kappa shape index (κ1) is 80.2. The first-order valence-corrected chi connectivity index (χ1v) is 32.6. The van der Waals surface area contributed by atoms with Crippen molar-refractivity contribution in [1.29, 1.82) is 0 Å². The molecule has 17 unspecified atom stereocenters. The quantitative estimate of drug-likeness (QED) is 0.0262. The van der Waals surface area contributed by atoms with Crippen LogP contribution in [0.15, 0.2) is 24.3 Å². The van der Waals surface area contributed by atoms with Gasteiger partial charge in [-0.05, 0) is 38.0 Å². The SMILES string of the molecule is CCCCCCC#CCCCOc1cccc(C(=O)N[C@H]2C(O)[C@H](O)C(CO)O[C@H]2O[C@@H]2C(CO)OC(OC3C(CO)O[C@@H](O[C@@H]4C(CO)OC(OC5C(CO[C@@H]6OC(C)[C@@H](O)C(O)[C@H]6O)OC(O)[C@@H](NC(C)=O)[C@H]5O)C(NC(C)=O)C4O)[C@@H](NC(C)=O)[C@H]3O)C(NC(C)=O)C2O)c1. The standard InChI is InChI=1S/C62H97N5O31/c1-7-8-9-10-11-12-13-14-15-19-87-32-18-16-17-31(20-32)56(85)67-39-45(78)44(77)33(21-68)91-58(39)95-52-34(22-69)92-59(40(47(52)80)64-28(4)73)96-53-35(23-70)93-60(41(48(53)81)65-29(5)74)97-54-36(24-71)94-61(42(49(54)82)66-30(6)75)98-55-37(90-57(86)38(46(55)79)63-27(3)72)25-88-62-51(84)50(83)43(76)26(2)89-62/h16-18,20,26,33-55,57-62,68-71,76-84,86H,7-11,14-15,19,21-25H2,1-6H3,(H,63,72)(H,64,73)(H,65,74)(H,66,75)(H,67,85)/t26?,33?,34?,35?,36?,37?,38-,39-,40?,41-,42?,43+,44+,45?,46+,47?,48+,49?,50?,51+,52+,53?,54+,55?,57?,58-,59?,60-,61?,62+/m0/s1. The molecule has 36 heteroatoms. The Hall–Kier alpha value is -5.07. The summed E-state index contributed by atoms with van der Waals surface area (Å²) in [5.74, 6) is 2.53. The van der Waals surface area contributed by atoms with E-state index in [4.69, 9.17) is 56.8 Å². The average Bonchev–Trinajstić information content (AvgIpc) is 0.771. The maximum absolute atomic E-state index is 13.9. The van der Waals surface area contributed by atoms with Crippen LogP contribution >= 0.6 is 0 Å². The number of aliphatic hydroxyl groups excluding tert-OH is 14. The van der Waals surface area contributed by atoms with Crippen LogP contribution < -0.4 is 31.3 Å². The van der Waals surface area contributed by atoms with Crippen LogP contribution in [0.2, 0.25) is 0 Å². The monoisotopic (exact) mass is 1410 g/mol. The van der Waals surface area contributed by atoms with Gasteiger partial charge in [-0.1, -0.05) is 32.3 Å². The Labute approximate surface area is 564 Å². The molecule has 36 nitrogen and oxygen atoms in total. The minimum Gasteiger partial charge on any atom is -0.494 e. The lowest BCUT2D eigenvalue weighted by Gasteiger charge is -2.51. The fourth-order valence-electron chi connectivity index (χ4n) is 12.3. The van der Waals surface area contributed by atoms with Gasteiger partial charge in [0.1, 0.15) is 146 Å². The Bertz CT molecular complexity index is 2770. The van der Waals surface area contributed by atoms with E-state index in [0.29, 0.717) is 18.6 Å². The highest BCUT2D eigenvalue weighted by Crippen LogP contribution is 2.37. The van der Waals surface area contributed by atoms with Crippen molar-refractivity contribution in [3.63, 3.8) is 0 Å². The third-order valence-corrected chi connectivity index (χ3v) is 17.4. The van der Waals surface area contributed by atoms with Gasteiger partial charge in [-0.15, -0.1) is 11.8 Å². The molecule has 556 valence electrons. The summed E-state index contributed by atoms with van der Waals surface area (Å²) in [5, 5.41) is 168. The van der Waals surface area contributed by atoms with Gasteiger partial charge in [0.25, 0.3) is 5.91 Å². The van der Waals surface area contributed by atoms with Gasteiger partial charge in [0.15, 0.2) is 37.7 Å². The number of nitrogens with one attached hydrogen (secondary N) is 5. The van der Waals surface area contributed by atoms with Crippen molar-refractivity contribution < 1.29 is 152 Å². The molecule has 6 fully saturated rings. The van der Waals surface area contributed by atoms with Gasteiger partial charge in [0.2, 0.25) is 23.6 Å². The Morgan fingerprint density at radius 3 is 1.34 bits per heavy atom. The van der Waals surface area contributed by atoms with Crippen LogP contribution in [0.25, 0.3) is 0 Å². The van der Waals surface area contributed by atoms with E-state index in [9.17, 15) is 95.5 Å². The number of hydrogen-bond donors (Lipinski definition) is 19. The summed E-state index contributed by atoms with van der Waals surface area (Å²) in [7, 11) is 0. The number of ether oxygens (including phenoxy) is 12. The number of carbonyl (C=O) groups is 5. The molecule has 1 aromatic carbocycles. The van der Waals surface area contributed by atoms with Crippen molar-refractivity contribution in [1.82, 2.24) is 26.6 Å². The predicted molar refractivity (Wildman–Crippen MR) is 327 cm³/mol. The number of unbranched alkanes of at least 4 members (excludes halogenated alkanes) is 5. The van der Waals surface area contributed by atoms with Crippen molar-refractivity contribution in [2.24, 2.45) is 0 Å². The number of hydrogen-bond acceptors (Lipinski definition) is 31. The van der Waals surface area contributed by atoms with Crippen molar-refractivity contribution in [2.75, 3.05) is 39.6 Å². The van der Waals surface area contributed by atoms with Crippen LogP contribution in [0.1, 0.15) is 96.8 Å². The smallest absolute Gasteiger partial charge is 0.251 e. The maximum atomic E-state index is 13.9. The van der Waals surface area contributed by atoms with Gasteiger partial charge < -0.3 is 155 Å². The second-order valence-corrected chi connectivity index (χ2v) is 24.9. The minimum absolute atomic E-state index is 0.0314. The molecular formula is C62H97N5O31. The van der Waals surface area contributed by atoms with Crippen LogP contribution in [0.5, 0.6) is 5.75 Å². The van der Waals surface area contributed by atoms with E-state index < -0.39 is 246 Å². The summed E-state index contributed by atoms with van der Waals surface area (Å²) in [6.45, 7) is 3.20.